The number of benzene rings is 1. The van der Waals surface area contributed by atoms with Gasteiger partial charge in [-0.1, -0.05) is 18.2 Å². The molecule has 1 aromatic carbocycles. The van der Waals surface area contributed by atoms with E-state index in [0.717, 1.165) is 17.4 Å². The molecule has 0 bridgehead atoms. The summed E-state index contributed by atoms with van der Waals surface area (Å²) in [5.74, 6) is 0. The number of hydrogen-bond donors (Lipinski definition) is 1. The molecule has 0 amide bonds. The van der Waals surface area contributed by atoms with Crippen LogP contribution in [0, 0.1) is 0 Å². The minimum atomic E-state index is 0.163. The largest absolute Gasteiger partial charge is 0.396 e. The van der Waals surface area contributed by atoms with Crippen LogP contribution in [0.15, 0.2) is 36.7 Å². The zero-order chi connectivity index (χ0) is 12.1. The topological polar surface area (TPSA) is 55.1 Å². The molecule has 4 heteroatoms. The SMILES string of the molecule is O=Cc1cccc(-c2cnn(CCCO)c2)c1. The molecule has 1 aromatic heterocycles. The lowest BCUT2D eigenvalue weighted by atomic mass is 10.1. The van der Waals surface area contributed by atoms with E-state index in [1.807, 2.05) is 24.4 Å². The molecule has 0 radical (unpaired) electrons. The second kappa shape index (κ2) is 5.41. The maximum absolute atomic E-state index is 10.7. The van der Waals surface area contributed by atoms with Gasteiger partial charge in [0.1, 0.15) is 6.29 Å². The summed E-state index contributed by atoms with van der Waals surface area (Å²) < 4.78 is 1.79. The number of aldehydes is 1. The molecular weight excluding hydrogens is 216 g/mol. The molecule has 0 saturated heterocycles. The third-order valence-corrected chi connectivity index (χ3v) is 2.53. The summed E-state index contributed by atoms with van der Waals surface area (Å²) in [5.41, 5.74) is 2.61. The van der Waals surface area contributed by atoms with Crippen molar-refractivity contribution in [2.45, 2.75) is 13.0 Å². The molecule has 0 fully saturated rings. The first-order valence-electron chi connectivity index (χ1n) is 5.52. The van der Waals surface area contributed by atoms with E-state index in [1.165, 1.54) is 0 Å². The molecule has 1 N–H and O–H groups in total. The molecular formula is C13H14N2O2. The lowest BCUT2D eigenvalue weighted by Gasteiger charge is -1.99. The van der Waals surface area contributed by atoms with E-state index in [2.05, 4.69) is 5.10 Å². The van der Waals surface area contributed by atoms with E-state index in [4.69, 9.17) is 5.11 Å². The van der Waals surface area contributed by atoms with Crippen molar-refractivity contribution < 1.29 is 9.90 Å². The number of hydrogen-bond acceptors (Lipinski definition) is 3. The Morgan fingerprint density at radius 3 is 3.00 bits per heavy atom. The fourth-order valence-corrected chi connectivity index (χ4v) is 1.66. The Hall–Kier alpha value is -1.94. The van der Waals surface area contributed by atoms with Gasteiger partial charge in [0.05, 0.1) is 6.20 Å². The molecule has 2 aromatic rings. The summed E-state index contributed by atoms with van der Waals surface area (Å²) in [5, 5.41) is 12.9. The molecule has 2 rings (SSSR count). The Bertz CT molecular complexity index is 506. The van der Waals surface area contributed by atoms with Gasteiger partial charge in [-0.25, -0.2) is 0 Å². The summed E-state index contributed by atoms with van der Waals surface area (Å²) >= 11 is 0. The van der Waals surface area contributed by atoms with E-state index in [1.54, 1.807) is 16.9 Å². The normalized spacial score (nSPS) is 10.4. The van der Waals surface area contributed by atoms with Crippen molar-refractivity contribution in [3.63, 3.8) is 0 Å². The average Bonchev–Trinajstić information content (AvgIpc) is 2.85. The highest BCUT2D eigenvalue weighted by Gasteiger charge is 2.02. The van der Waals surface area contributed by atoms with Gasteiger partial charge in [0, 0.05) is 30.5 Å². The first-order chi connectivity index (χ1) is 8.33. The molecule has 1 heterocycles. The van der Waals surface area contributed by atoms with Gasteiger partial charge in [-0.15, -0.1) is 0 Å². The minimum Gasteiger partial charge on any atom is -0.396 e. The third-order valence-electron chi connectivity index (χ3n) is 2.53. The van der Waals surface area contributed by atoms with Crippen LogP contribution in [0.25, 0.3) is 11.1 Å². The van der Waals surface area contributed by atoms with Gasteiger partial charge in [0.15, 0.2) is 0 Å². The van der Waals surface area contributed by atoms with Crippen molar-refractivity contribution in [1.82, 2.24) is 9.78 Å². The maximum atomic E-state index is 10.7. The monoisotopic (exact) mass is 230 g/mol. The zero-order valence-electron chi connectivity index (χ0n) is 9.41. The molecule has 0 unspecified atom stereocenters. The van der Waals surface area contributed by atoms with Crippen LogP contribution in [0.4, 0.5) is 0 Å². The molecule has 0 aliphatic rings. The fourth-order valence-electron chi connectivity index (χ4n) is 1.66. The predicted molar refractivity (Wildman–Crippen MR) is 64.8 cm³/mol. The number of carbonyl (C=O) groups excluding carboxylic acids is 1. The zero-order valence-corrected chi connectivity index (χ0v) is 9.41. The van der Waals surface area contributed by atoms with Gasteiger partial charge in [0.2, 0.25) is 0 Å². The summed E-state index contributed by atoms with van der Waals surface area (Å²) in [6, 6.07) is 7.40. The number of nitrogens with zero attached hydrogens (tertiary/aromatic N) is 2. The Balaban J connectivity index is 2.20. The van der Waals surface area contributed by atoms with Crippen LogP contribution in [0.3, 0.4) is 0 Å². The summed E-state index contributed by atoms with van der Waals surface area (Å²) in [4.78, 5) is 10.7. The molecule has 0 saturated carbocycles. The fraction of sp³-hybridized carbons (Fsp3) is 0.231. The first kappa shape index (κ1) is 11.5. The van der Waals surface area contributed by atoms with Gasteiger partial charge in [-0.2, -0.15) is 5.10 Å². The van der Waals surface area contributed by atoms with Gasteiger partial charge >= 0.3 is 0 Å². The minimum absolute atomic E-state index is 0.163. The number of aliphatic hydroxyl groups excluding tert-OH is 1. The number of rotatable bonds is 5. The van der Waals surface area contributed by atoms with Crippen LogP contribution in [-0.4, -0.2) is 27.8 Å². The van der Waals surface area contributed by atoms with Gasteiger partial charge in [0.25, 0.3) is 0 Å². The van der Waals surface area contributed by atoms with Gasteiger partial charge < -0.3 is 5.11 Å². The molecule has 17 heavy (non-hydrogen) atoms. The lowest BCUT2D eigenvalue weighted by molar-refractivity contribution is 0.112. The Morgan fingerprint density at radius 2 is 2.24 bits per heavy atom. The van der Waals surface area contributed by atoms with E-state index < -0.39 is 0 Å². The van der Waals surface area contributed by atoms with E-state index >= 15 is 0 Å². The quantitative estimate of drug-likeness (QED) is 0.796. The number of aliphatic hydroxyl groups is 1. The Kier molecular flexibility index (Phi) is 3.67. The van der Waals surface area contributed by atoms with Crippen molar-refractivity contribution in [2.24, 2.45) is 0 Å². The van der Waals surface area contributed by atoms with E-state index in [9.17, 15) is 4.79 Å². The number of aromatic nitrogens is 2. The lowest BCUT2D eigenvalue weighted by Crippen LogP contribution is -1.99. The van der Waals surface area contributed by atoms with Gasteiger partial charge in [-0.05, 0) is 18.1 Å². The van der Waals surface area contributed by atoms with Crippen molar-refractivity contribution in [2.75, 3.05) is 6.61 Å². The molecule has 0 spiro atoms. The highest BCUT2D eigenvalue weighted by Crippen LogP contribution is 2.19. The number of aryl methyl sites for hydroxylation is 1. The van der Waals surface area contributed by atoms with Crippen molar-refractivity contribution in [1.29, 1.82) is 0 Å². The summed E-state index contributed by atoms with van der Waals surface area (Å²) in [6.07, 6.45) is 5.20. The molecule has 0 atom stereocenters. The average molecular weight is 230 g/mol. The Morgan fingerprint density at radius 1 is 1.35 bits per heavy atom. The Labute approximate surface area is 99.5 Å². The van der Waals surface area contributed by atoms with E-state index in [0.29, 0.717) is 18.5 Å². The van der Waals surface area contributed by atoms with Crippen molar-refractivity contribution >= 4 is 6.29 Å². The summed E-state index contributed by atoms with van der Waals surface area (Å²) in [6.45, 7) is 0.861. The van der Waals surface area contributed by atoms with Gasteiger partial charge in [-0.3, -0.25) is 9.48 Å². The molecule has 4 nitrogen and oxygen atoms in total. The van der Waals surface area contributed by atoms with Crippen LogP contribution >= 0.6 is 0 Å². The predicted octanol–water partition coefficient (Wildman–Crippen LogP) is 1.74. The summed E-state index contributed by atoms with van der Waals surface area (Å²) in [7, 11) is 0. The number of carbonyl (C=O) groups is 1. The molecule has 0 aliphatic heterocycles. The highest BCUT2D eigenvalue weighted by molar-refractivity contribution is 5.78. The van der Waals surface area contributed by atoms with Crippen LogP contribution in [0.5, 0.6) is 0 Å². The molecule has 0 aliphatic carbocycles. The van der Waals surface area contributed by atoms with Crippen LogP contribution in [0.2, 0.25) is 0 Å². The van der Waals surface area contributed by atoms with Crippen molar-refractivity contribution in [3.8, 4) is 11.1 Å². The first-order valence-corrected chi connectivity index (χ1v) is 5.52. The molecule has 88 valence electrons. The van der Waals surface area contributed by atoms with Crippen molar-refractivity contribution in [3.05, 3.63) is 42.2 Å². The smallest absolute Gasteiger partial charge is 0.150 e. The van der Waals surface area contributed by atoms with Crippen LogP contribution < -0.4 is 0 Å². The standard InChI is InChI=1S/C13H14N2O2/c16-6-2-5-15-9-13(8-14-15)12-4-1-3-11(7-12)10-17/h1,3-4,7-10,16H,2,5-6H2. The second-order valence-corrected chi connectivity index (χ2v) is 3.81. The second-order valence-electron chi connectivity index (χ2n) is 3.81. The van der Waals surface area contributed by atoms with Crippen LogP contribution in [0.1, 0.15) is 16.8 Å². The third kappa shape index (κ3) is 2.79. The highest BCUT2D eigenvalue weighted by atomic mass is 16.3. The maximum Gasteiger partial charge on any atom is 0.150 e. The van der Waals surface area contributed by atoms with E-state index in [-0.39, 0.29) is 6.61 Å². The van der Waals surface area contributed by atoms with Crippen LogP contribution in [-0.2, 0) is 6.54 Å².